The zero-order chi connectivity index (χ0) is 8.43. The van der Waals surface area contributed by atoms with Crippen molar-refractivity contribution in [3.8, 4) is 6.19 Å². The smallest absolute Gasteiger partial charge is 0.342 e. The Morgan fingerprint density at radius 2 is 2.27 bits per heavy atom. The van der Waals surface area contributed by atoms with E-state index in [-0.39, 0.29) is 0 Å². The Kier molecular flexibility index (Phi) is 1.61. The molecule has 1 heterocycles. The van der Waals surface area contributed by atoms with Crippen LogP contribution in [0.1, 0.15) is 0 Å². The molecule has 11 heavy (non-hydrogen) atoms. The van der Waals surface area contributed by atoms with Crippen LogP contribution in [0.2, 0.25) is 0 Å². The quantitative estimate of drug-likeness (QED) is 0.370. The normalized spacial score (nSPS) is 23.6. The molecule has 1 fully saturated rings. The predicted molar refractivity (Wildman–Crippen MR) is 30.5 cm³/mol. The molecule has 1 aliphatic heterocycles. The van der Waals surface area contributed by atoms with Crippen molar-refractivity contribution in [1.82, 2.24) is 15.5 Å². The maximum absolute atomic E-state index is 10.6. The summed E-state index contributed by atoms with van der Waals surface area (Å²) in [6.45, 7) is 0. The lowest BCUT2D eigenvalue weighted by Gasteiger charge is -2.25. The molecular formula is C4H4N4O3. The first-order valence-electron chi connectivity index (χ1n) is 2.63. The number of urea groups is 2. The van der Waals surface area contributed by atoms with Gasteiger partial charge in [0.1, 0.15) is 0 Å². The molecule has 7 heteroatoms. The molecule has 0 bridgehead atoms. The fraction of sp³-hybridized carbons (Fsp3) is 0.250. The van der Waals surface area contributed by atoms with E-state index < -0.39 is 18.4 Å². The summed E-state index contributed by atoms with van der Waals surface area (Å²) in [7, 11) is 0. The van der Waals surface area contributed by atoms with Crippen LogP contribution in [0.5, 0.6) is 0 Å². The third-order valence-corrected chi connectivity index (χ3v) is 1.05. The van der Waals surface area contributed by atoms with E-state index in [1.165, 1.54) is 6.19 Å². The fourth-order valence-electron chi connectivity index (χ4n) is 0.586. The molecule has 0 aromatic rings. The highest BCUT2D eigenvalue weighted by Crippen LogP contribution is 1.96. The van der Waals surface area contributed by atoms with Gasteiger partial charge in [0, 0.05) is 0 Å². The molecular weight excluding hydrogens is 152 g/mol. The lowest BCUT2D eigenvalue weighted by Crippen LogP contribution is -2.61. The number of aliphatic hydroxyl groups is 1. The van der Waals surface area contributed by atoms with Crippen LogP contribution >= 0.6 is 0 Å². The molecule has 1 aliphatic rings. The number of carbonyl (C=O) groups excluding carboxylic acids is 2. The molecule has 4 amide bonds. The second-order valence-corrected chi connectivity index (χ2v) is 1.75. The van der Waals surface area contributed by atoms with Crippen LogP contribution in [0, 0.1) is 11.5 Å². The number of amides is 4. The van der Waals surface area contributed by atoms with Crippen molar-refractivity contribution >= 4 is 12.1 Å². The highest BCUT2D eigenvalue weighted by Gasteiger charge is 2.29. The van der Waals surface area contributed by atoms with E-state index in [9.17, 15) is 9.59 Å². The van der Waals surface area contributed by atoms with Gasteiger partial charge in [-0.2, -0.15) is 10.2 Å². The van der Waals surface area contributed by atoms with Gasteiger partial charge < -0.3 is 5.11 Å². The van der Waals surface area contributed by atoms with Crippen LogP contribution in [0.25, 0.3) is 0 Å². The van der Waals surface area contributed by atoms with Gasteiger partial charge in [0.15, 0.2) is 6.19 Å². The van der Waals surface area contributed by atoms with Crippen molar-refractivity contribution in [2.24, 2.45) is 0 Å². The van der Waals surface area contributed by atoms with Crippen LogP contribution in [0.4, 0.5) is 9.59 Å². The molecule has 0 aliphatic carbocycles. The average molecular weight is 156 g/mol. The molecule has 0 aromatic heterocycles. The van der Waals surface area contributed by atoms with Gasteiger partial charge in [0.25, 0.3) is 0 Å². The van der Waals surface area contributed by atoms with Gasteiger partial charge >= 0.3 is 12.1 Å². The Morgan fingerprint density at radius 3 is 2.73 bits per heavy atom. The summed E-state index contributed by atoms with van der Waals surface area (Å²) >= 11 is 0. The van der Waals surface area contributed by atoms with Crippen molar-refractivity contribution in [2.75, 3.05) is 0 Å². The number of nitriles is 1. The first-order chi connectivity index (χ1) is 5.15. The molecule has 0 aromatic carbocycles. The molecule has 7 nitrogen and oxygen atoms in total. The molecule has 1 atom stereocenters. The van der Waals surface area contributed by atoms with Crippen LogP contribution in [0.3, 0.4) is 0 Å². The highest BCUT2D eigenvalue weighted by atomic mass is 16.3. The molecule has 0 radical (unpaired) electrons. The maximum Gasteiger partial charge on any atom is 0.342 e. The lowest BCUT2D eigenvalue weighted by molar-refractivity contribution is 0.0354. The molecule has 3 N–H and O–H groups in total. The van der Waals surface area contributed by atoms with Crippen LogP contribution in [-0.4, -0.2) is 28.4 Å². The topological polar surface area (TPSA) is 105 Å². The summed E-state index contributed by atoms with van der Waals surface area (Å²) in [5.74, 6) is 0. The Hall–Kier alpha value is -1.81. The number of nitrogens with zero attached hydrogens (tertiary/aromatic N) is 2. The summed E-state index contributed by atoms with van der Waals surface area (Å²) in [6, 6.07) is -1.77. The summed E-state index contributed by atoms with van der Waals surface area (Å²) in [5, 5.41) is 20.7. The van der Waals surface area contributed by atoms with E-state index in [1.807, 2.05) is 5.32 Å². The minimum Gasteiger partial charge on any atom is -0.355 e. The van der Waals surface area contributed by atoms with Gasteiger partial charge in [-0.1, -0.05) is 0 Å². The Labute approximate surface area is 61.2 Å². The SMILES string of the molecule is N#CN1C(=O)NC(=O)NC1O. The number of carbonyl (C=O) groups is 2. The third-order valence-electron chi connectivity index (χ3n) is 1.05. The van der Waals surface area contributed by atoms with Crippen LogP contribution in [0.15, 0.2) is 0 Å². The van der Waals surface area contributed by atoms with E-state index in [2.05, 4.69) is 0 Å². The van der Waals surface area contributed by atoms with E-state index >= 15 is 0 Å². The Bertz CT molecular complexity index is 244. The Balaban J connectivity index is 2.76. The average Bonchev–Trinajstić information content (AvgIpc) is 1.85. The predicted octanol–water partition coefficient (Wildman–Crippen LogP) is -1.52. The molecule has 1 unspecified atom stereocenters. The fourth-order valence-corrected chi connectivity index (χ4v) is 0.586. The number of rotatable bonds is 0. The molecule has 0 saturated carbocycles. The standard InChI is InChI=1S/C4H4N4O3/c5-1-8-3(10)6-2(9)7-4(8)11/h3,10H,(H2,6,7,9,11). The van der Waals surface area contributed by atoms with Gasteiger partial charge in [-0.25, -0.2) is 9.59 Å². The van der Waals surface area contributed by atoms with Crippen LogP contribution < -0.4 is 10.6 Å². The van der Waals surface area contributed by atoms with Gasteiger partial charge in [-0.05, 0) is 0 Å². The molecule has 1 saturated heterocycles. The van der Waals surface area contributed by atoms with Crippen molar-refractivity contribution < 1.29 is 14.7 Å². The Morgan fingerprint density at radius 1 is 1.64 bits per heavy atom. The second kappa shape index (κ2) is 2.43. The third kappa shape index (κ3) is 1.20. The first kappa shape index (κ1) is 7.30. The lowest BCUT2D eigenvalue weighted by atomic mass is 10.6. The zero-order valence-electron chi connectivity index (χ0n) is 5.24. The summed E-state index contributed by atoms with van der Waals surface area (Å²) in [6.07, 6.45) is -0.188. The second-order valence-electron chi connectivity index (χ2n) is 1.75. The van der Waals surface area contributed by atoms with E-state index in [4.69, 9.17) is 10.4 Å². The molecule has 58 valence electrons. The number of nitrogens with one attached hydrogen (secondary N) is 2. The molecule has 1 rings (SSSR count). The van der Waals surface area contributed by atoms with Gasteiger partial charge in [-0.3, -0.25) is 10.6 Å². The summed E-state index contributed by atoms with van der Waals surface area (Å²) in [4.78, 5) is 21.4. The van der Waals surface area contributed by atoms with Crippen LogP contribution in [-0.2, 0) is 0 Å². The van der Waals surface area contributed by atoms with Gasteiger partial charge in [-0.15, -0.1) is 0 Å². The van der Waals surface area contributed by atoms with Crippen molar-refractivity contribution in [3.63, 3.8) is 0 Å². The van der Waals surface area contributed by atoms with Gasteiger partial charge in [0.2, 0.25) is 6.35 Å². The van der Waals surface area contributed by atoms with Crippen molar-refractivity contribution in [1.29, 1.82) is 5.26 Å². The van der Waals surface area contributed by atoms with E-state index in [0.717, 1.165) is 0 Å². The number of hydrogen-bond donors (Lipinski definition) is 3. The largest absolute Gasteiger partial charge is 0.355 e. The zero-order valence-corrected chi connectivity index (χ0v) is 5.24. The molecule has 0 spiro atoms. The maximum atomic E-state index is 10.6. The number of hydrogen-bond acceptors (Lipinski definition) is 4. The first-order valence-corrected chi connectivity index (χ1v) is 2.63. The van der Waals surface area contributed by atoms with Crippen molar-refractivity contribution in [2.45, 2.75) is 6.35 Å². The number of aliphatic hydroxyl groups excluding tert-OH is 1. The van der Waals surface area contributed by atoms with E-state index in [1.54, 1.807) is 5.32 Å². The monoisotopic (exact) mass is 156 g/mol. The summed E-state index contributed by atoms with van der Waals surface area (Å²) in [5.41, 5.74) is 0. The highest BCUT2D eigenvalue weighted by molar-refractivity contribution is 5.96. The van der Waals surface area contributed by atoms with Gasteiger partial charge in [0.05, 0.1) is 0 Å². The van der Waals surface area contributed by atoms with Crippen molar-refractivity contribution in [3.05, 3.63) is 0 Å². The van der Waals surface area contributed by atoms with E-state index in [0.29, 0.717) is 4.90 Å². The minimum absolute atomic E-state index is 0.390. The number of imide groups is 1. The minimum atomic E-state index is -1.57. The summed E-state index contributed by atoms with van der Waals surface area (Å²) < 4.78 is 0.